The van der Waals surface area contributed by atoms with Gasteiger partial charge in [-0.3, -0.25) is 14.9 Å². The minimum atomic E-state index is -0.543. The molecule has 0 radical (unpaired) electrons. The summed E-state index contributed by atoms with van der Waals surface area (Å²) in [6, 6.07) is 11.0. The van der Waals surface area contributed by atoms with Gasteiger partial charge in [-0.15, -0.1) is 11.3 Å². The molecule has 1 amide bonds. The molecule has 2 aromatic rings. The van der Waals surface area contributed by atoms with Crippen molar-refractivity contribution in [3.05, 3.63) is 52.5 Å². The normalized spacial score (nSPS) is 10.8. The summed E-state index contributed by atoms with van der Waals surface area (Å²) in [5.74, 6) is -0.916. The van der Waals surface area contributed by atoms with Crippen LogP contribution in [0.2, 0.25) is 0 Å². The molecule has 0 aliphatic rings. The second-order valence-electron chi connectivity index (χ2n) is 4.66. The fourth-order valence-corrected chi connectivity index (χ4v) is 2.54. The van der Waals surface area contributed by atoms with Crippen LogP contribution in [0.4, 0.5) is 5.13 Å². The quantitative estimate of drug-likeness (QED) is 0.495. The maximum absolute atomic E-state index is 12.2. The van der Waals surface area contributed by atoms with Crippen molar-refractivity contribution in [3.8, 4) is 6.07 Å². The van der Waals surface area contributed by atoms with Gasteiger partial charge in [-0.2, -0.15) is 5.26 Å². The molecule has 6 nitrogen and oxygen atoms in total. The average molecular weight is 341 g/mol. The molecule has 0 atom stereocenters. The van der Waals surface area contributed by atoms with E-state index in [1.54, 1.807) is 24.4 Å². The Balaban J connectivity index is 2.03. The molecule has 122 valence electrons. The largest absolute Gasteiger partial charge is 0.466 e. The number of aromatic nitrogens is 1. The third kappa shape index (κ3) is 5.04. The fourth-order valence-electron chi connectivity index (χ4n) is 1.83. The lowest BCUT2D eigenvalue weighted by atomic mass is 10.1. The number of hydrogen-bond acceptors (Lipinski definition) is 6. The Morgan fingerprint density at radius 2 is 2.12 bits per heavy atom. The van der Waals surface area contributed by atoms with Crippen LogP contribution in [0.5, 0.6) is 0 Å². The summed E-state index contributed by atoms with van der Waals surface area (Å²) in [7, 11) is 0. The number of thiazole rings is 1. The molecule has 0 fully saturated rings. The number of carbonyl (C=O) groups is 2. The molecule has 1 heterocycles. The molecular weight excluding hydrogens is 326 g/mol. The molecule has 24 heavy (non-hydrogen) atoms. The number of hydrogen-bond donors (Lipinski definition) is 1. The maximum Gasteiger partial charge on any atom is 0.311 e. The molecule has 1 N–H and O–H groups in total. The highest BCUT2D eigenvalue weighted by molar-refractivity contribution is 7.14. The van der Waals surface area contributed by atoms with Crippen molar-refractivity contribution in [1.82, 2.24) is 4.98 Å². The zero-order chi connectivity index (χ0) is 17.4. The monoisotopic (exact) mass is 341 g/mol. The number of nitriles is 1. The topological polar surface area (TPSA) is 92.1 Å². The van der Waals surface area contributed by atoms with Crippen LogP contribution in [0.3, 0.4) is 0 Å². The number of nitrogens with zero attached hydrogens (tertiary/aromatic N) is 2. The van der Waals surface area contributed by atoms with Gasteiger partial charge in [0.25, 0.3) is 5.91 Å². The van der Waals surface area contributed by atoms with Crippen molar-refractivity contribution >= 4 is 34.4 Å². The minimum Gasteiger partial charge on any atom is -0.466 e. The van der Waals surface area contributed by atoms with Crippen LogP contribution in [-0.2, 0) is 20.7 Å². The van der Waals surface area contributed by atoms with E-state index in [1.807, 2.05) is 24.3 Å². The van der Waals surface area contributed by atoms with E-state index in [0.717, 1.165) is 5.56 Å². The number of rotatable bonds is 6. The van der Waals surface area contributed by atoms with Gasteiger partial charge in [0.1, 0.15) is 11.6 Å². The van der Waals surface area contributed by atoms with E-state index in [0.29, 0.717) is 17.4 Å². The SMILES string of the molecule is CCOC(=O)Cc1csc(NC(=O)C(C#N)=Cc2ccccc2)n1. The number of nitrogens with one attached hydrogen (secondary N) is 1. The van der Waals surface area contributed by atoms with Crippen LogP contribution in [0.15, 0.2) is 41.3 Å². The van der Waals surface area contributed by atoms with Crippen LogP contribution in [-0.4, -0.2) is 23.5 Å². The van der Waals surface area contributed by atoms with E-state index >= 15 is 0 Å². The third-order valence-corrected chi connectivity index (χ3v) is 3.69. The number of amides is 1. The second kappa shape index (κ2) is 8.60. The van der Waals surface area contributed by atoms with E-state index < -0.39 is 5.91 Å². The maximum atomic E-state index is 12.2. The summed E-state index contributed by atoms with van der Waals surface area (Å²) in [6.07, 6.45) is 1.55. The standard InChI is InChI=1S/C17H15N3O3S/c1-2-23-15(21)9-14-11-24-17(19-14)20-16(22)13(10-18)8-12-6-4-3-5-7-12/h3-8,11H,2,9H2,1H3,(H,19,20,22). The molecule has 0 bridgehead atoms. The van der Waals surface area contributed by atoms with Gasteiger partial charge < -0.3 is 4.74 Å². The third-order valence-electron chi connectivity index (χ3n) is 2.88. The van der Waals surface area contributed by atoms with Crippen molar-refractivity contribution in [2.24, 2.45) is 0 Å². The first-order valence-electron chi connectivity index (χ1n) is 7.20. The number of esters is 1. The Bertz CT molecular complexity index is 791. The van der Waals surface area contributed by atoms with Crippen molar-refractivity contribution in [2.75, 3.05) is 11.9 Å². The zero-order valence-electron chi connectivity index (χ0n) is 13.0. The van der Waals surface area contributed by atoms with Gasteiger partial charge in [0.2, 0.25) is 0 Å². The summed E-state index contributed by atoms with van der Waals surface area (Å²) in [5, 5.41) is 13.7. The van der Waals surface area contributed by atoms with Gasteiger partial charge in [0.05, 0.1) is 18.7 Å². The summed E-state index contributed by atoms with van der Waals surface area (Å²) < 4.78 is 4.84. The van der Waals surface area contributed by atoms with E-state index in [1.165, 1.54) is 17.4 Å². The molecule has 0 aliphatic carbocycles. The molecule has 0 spiro atoms. The molecule has 0 unspecified atom stereocenters. The van der Waals surface area contributed by atoms with E-state index in [-0.39, 0.29) is 18.0 Å². The first-order valence-corrected chi connectivity index (χ1v) is 8.08. The number of anilines is 1. The van der Waals surface area contributed by atoms with Crippen LogP contribution in [0, 0.1) is 11.3 Å². The molecule has 2 rings (SSSR count). The van der Waals surface area contributed by atoms with Gasteiger partial charge in [-0.25, -0.2) is 4.98 Å². The van der Waals surface area contributed by atoms with E-state index in [4.69, 9.17) is 10.00 Å². The summed E-state index contributed by atoms with van der Waals surface area (Å²) in [5.41, 5.74) is 1.24. The molecule has 1 aromatic heterocycles. The molecular formula is C17H15N3O3S. The highest BCUT2D eigenvalue weighted by atomic mass is 32.1. The Labute approximate surface area is 143 Å². The van der Waals surface area contributed by atoms with Gasteiger partial charge in [0.15, 0.2) is 5.13 Å². The highest BCUT2D eigenvalue weighted by Gasteiger charge is 2.13. The lowest BCUT2D eigenvalue weighted by molar-refractivity contribution is -0.142. The van der Waals surface area contributed by atoms with Crippen LogP contribution < -0.4 is 5.32 Å². The van der Waals surface area contributed by atoms with Crippen LogP contribution >= 0.6 is 11.3 Å². The second-order valence-corrected chi connectivity index (χ2v) is 5.52. The van der Waals surface area contributed by atoms with E-state index in [9.17, 15) is 9.59 Å². The first-order chi connectivity index (χ1) is 11.6. The van der Waals surface area contributed by atoms with Crippen molar-refractivity contribution in [2.45, 2.75) is 13.3 Å². The number of carbonyl (C=O) groups excluding carboxylic acids is 2. The van der Waals surface area contributed by atoms with Gasteiger partial charge in [0, 0.05) is 5.38 Å². The van der Waals surface area contributed by atoms with Crippen molar-refractivity contribution < 1.29 is 14.3 Å². The molecule has 0 saturated heterocycles. The number of benzene rings is 1. The zero-order valence-corrected chi connectivity index (χ0v) is 13.8. The Kier molecular flexibility index (Phi) is 6.23. The predicted molar refractivity (Wildman–Crippen MR) is 91.1 cm³/mol. The van der Waals surface area contributed by atoms with E-state index in [2.05, 4.69) is 10.3 Å². The average Bonchev–Trinajstić information content (AvgIpc) is 3.00. The Hall–Kier alpha value is -2.98. The Morgan fingerprint density at radius 3 is 2.79 bits per heavy atom. The van der Waals surface area contributed by atoms with Crippen molar-refractivity contribution in [1.29, 1.82) is 5.26 Å². The van der Waals surface area contributed by atoms with Gasteiger partial charge >= 0.3 is 5.97 Å². The predicted octanol–water partition coefficient (Wildman–Crippen LogP) is 2.79. The summed E-state index contributed by atoms with van der Waals surface area (Å²) in [4.78, 5) is 27.7. The Morgan fingerprint density at radius 1 is 1.38 bits per heavy atom. The molecule has 1 aromatic carbocycles. The smallest absolute Gasteiger partial charge is 0.311 e. The minimum absolute atomic E-state index is 0.0247. The van der Waals surface area contributed by atoms with Gasteiger partial charge in [-0.1, -0.05) is 30.3 Å². The summed E-state index contributed by atoms with van der Waals surface area (Å²) >= 11 is 1.18. The fraction of sp³-hybridized carbons (Fsp3) is 0.176. The molecule has 0 saturated carbocycles. The van der Waals surface area contributed by atoms with Crippen LogP contribution in [0.25, 0.3) is 6.08 Å². The number of ether oxygens (including phenoxy) is 1. The summed E-state index contributed by atoms with van der Waals surface area (Å²) in [6.45, 7) is 2.04. The van der Waals surface area contributed by atoms with Crippen molar-refractivity contribution in [3.63, 3.8) is 0 Å². The van der Waals surface area contributed by atoms with Crippen LogP contribution in [0.1, 0.15) is 18.2 Å². The molecule has 0 aliphatic heterocycles. The lowest BCUT2D eigenvalue weighted by Gasteiger charge is -2.00. The first kappa shape index (κ1) is 17.4. The highest BCUT2D eigenvalue weighted by Crippen LogP contribution is 2.17. The molecule has 7 heteroatoms. The lowest BCUT2D eigenvalue weighted by Crippen LogP contribution is -2.13. The van der Waals surface area contributed by atoms with Gasteiger partial charge in [-0.05, 0) is 18.6 Å².